The molecule has 1 unspecified atom stereocenters. The molecule has 1 saturated heterocycles. The van der Waals surface area contributed by atoms with Crippen LogP contribution >= 0.6 is 11.6 Å². The van der Waals surface area contributed by atoms with E-state index in [-0.39, 0.29) is 24.1 Å². The van der Waals surface area contributed by atoms with Gasteiger partial charge in [0, 0.05) is 30.1 Å². The van der Waals surface area contributed by atoms with Gasteiger partial charge < -0.3 is 10.2 Å². The van der Waals surface area contributed by atoms with Crippen LogP contribution < -0.4 is 10.6 Å². The number of amides is 4. The highest BCUT2D eigenvalue weighted by Crippen LogP contribution is 2.41. The number of nitrogens with one attached hydrogen (secondary N) is 2. The predicted molar refractivity (Wildman–Crippen MR) is 126 cm³/mol. The van der Waals surface area contributed by atoms with Gasteiger partial charge in [-0.05, 0) is 54.2 Å². The number of piperidine rings is 1. The van der Waals surface area contributed by atoms with Crippen molar-refractivity contribution in [1.29, 1.82) is 0 Å². The predicted octanol–water partition coefficient (Wildman–Crippen LogP) is 3.23. The van der Waals surface area contributed by atoms with E-state index in [1.165, 1.54) is 4.90 Å². The molecule has 2 aliphatic heterocycles. The van der Waals surface area contributed by atoms with Gasteiger partial charge in [-0.1, -0.05) is 48.7 Å². The second kappa shape index (κ2) is 8.87. The fourth-order valence-electron chi connectivity index (χ4n) is 5.48. The lowest BCUT2D eigenvalue weighted by atomic mass is 9.78. The molecule has 5 rings (SSSR count). The van der Waals surface area contributed by atoms with E-state index >= 15 is 0 Å². The van der Waals surface area contributed by atoms with Crippen LogP contribution in [0.25, 0.3) is 0 Å². The number of hydrogen-bond acceptors (Lipinski definition) is 4. The molecule has 8 heteroatoms. The first-order valence-electron chi connectivity index (χ1n) is 11.7. The number of rotatable bonds is 5. The maximum Gasteiger partial charge on any atom is 0.255 e. The minimum Gasteiger partial charge on any atom is -0.351 e. The van der Waals surface area contributed by atoms with Gasteiger partial charge in [-0.15, -0.1) is 0 Å². The smallest absolute Gasteiger partial charge is 0.255 e. The number of halogens is 1. The zero-order valence-corrected chi connectivity index (χ0v) is 19.5. The first kappa shape index (κ1) is 22.6. The summed E-state index contributed by atoms with van der Waals surface area (Å²) in [6.07, 6.45) is 4.18. The van der Waals surface area contributed by atoms with E-state index in [0.717, 1.165) is 42.4 Å². The highest BCUT2D eigenvalue weighted by atomic mass is 35.5. The molecule has 0 spiro atoms. The minimum atomic E-state index is -0.637. The van der Waals surface area contributed by atoms with E-state index in [2.05, 4.69) is 10.6 Å². The molecule has 2 aromatic carbocycles. The van der Waals surface area contributed by atoms with Crippen LogP contribution in [0.1, 0.15) is 65.6 Å². The minimum absolute atomic E-state index is 0.00840. The molecule has 2 N–H and O–H groups in total. The highest BCUT2D eigenvalue weighted by molar-refractivity contribution is 6.30. The molecular formula is C26H26ClN3O4. The van der Waals surface area contributed by atoms with Gasteiger partial charge in [0.2, 0.25) is 17.7 Å². The monoisotopic (exact) mass is 479 g/mol. The van der Waals surface area contributed by atoms with Crippen molar-refractivity contribution in [3.8, 4) is 0 Å². The van der Waals surface area contributed by atoms with E-state index in [1.807, 2.05) is 36.4 Å². The Morgan fingerprint density at radius 1 is 1.09 bits per heavy atom. The number of nitrogens with zero attached hydrogens (tertiary/aromatic N) is 1. The third-order valence-electron chi connectivity index (χ3n) is 7.33. The van der Waals surface area contributed by atoms with Gasteiger partial charge in [-0.3, -0.25) is 24.5 Å². The molecule has 1 atom stereocenters. The third kappa shape index (κ3) is 3.98. The molecule has 2 heterocycles. The molecule has 1 aliphatic carbocycles. The van der Waals surface area contributed by atoms with Crippen molar-refractivity contribution in [2.75, 3.05) is 0 Å². The standard InChI is InChI=1S/C26H26ClN3O4/c27-19-6-4-18(5-7-19)26(11-1-2-12-26)25(34)28-14-16-3-8-20-17(13-16)15-30(24(20)33)21-9-10-22(31)29-23(21)32/h3-8,13,21H,1-2,9-12,14-15H2,(H,28,34)(H,29,31,32). The summed E-state index contributed by atoms with van der Waals surface area (Å²) in [5, 5.41) is 6.08. The van der Waals surface area contributed by atoms with Crippen molar-refractivity contribution in [3.63, 3.8) is 0 Å². The first-order chi connectivity index (χ1) is 16.4. The molecule has 1 saturated carbocycles. The Kier molecular flexibility index (Phi) is 5.90. The average molecular weight is 480 g/mol. The summed E-state index contributed by atoms with van der Waals surface area (Å²) in [6.45, 7) is 0.672. The fourth-order valence-corrected chi connectivity index (χ4v) is 5.61. The van der Waals surface area contributed by atoms with Gasteiger partial charge in [0.15, 0.2) is 0 Å². The van der Waals surface area contributed by atoms with E-state index in [9.17, 15) is 19.2 Å². The number of carbonyl (C=O) groups excluding carboxylic acids is 4. The topological polar surface area (TPSA) is 95.6 Å². The molecule has 176 valence electrons. The average Bonchev–Trinajstić information content (AvgIpc) is 3.44. The van der Waals surface area contributed by atoms with E-state index in [0.29, 0.717) is 30.1 Å². The lowest BCUT2D eigenvalue weighted by molar-refractivity contribution is -0.137. The third-order valence-corrected chi connectivity index (χ3v) is 7.58. The van der Waals surface area contributed by atoms with Crippen LogP contribution in [0.3, 0.4) is 0 Å². The van der Waals surface area contributed by atoms with Crippen LogP contribution in [0.5, 0.6) is 0 Å². The van der Waals surface area contributed by atoms with Gasteiger partial charge in [0.25, 0.3) is 5.91 Å². The van der Waals surface area contributed by atoms with Crippen molar-refractivity contribution in [1.82, 2.24) is 15.5 Å². The summed E-state index contributed by atoms with van der Waals surface area (Å²) in [5.74, 6) is -0.919. The summed E-state index contributed by atoms with van der Waals surface area (Å²) < 4.78 is 0. The second-order valence-electron chi connectivity index (χ2n) is 9.37. The number of carbonyl (C=O) groups is 4. The molecule has 34 heavy (non-hydrogen) atoms. The molecule has 2 fully saturated rings. The lowest BCUT2D eigenvalue weighted by Crippen LogP contribution is -2.52. The first-order valence-corrected chi connectivity index (χ1v) is 12.1. The van der Waals surface area contributed by atoms with Crippen LogP contribution in [0.15, 0.2) is 42.5 Å². The van der Waals surface area contributed by atoms with Crippen LogP contribution in [0, 0.1) is 0 Å². The van der Waals surface area contributed by atoms with Gasteiger partial charge in [0.05, 0.1) is 5.41 Å². The Balaban J connectivity index is 1.29. The molecule has 4 amide bonds. The highest BCUT2D eigenvalue weighted by Gasteiger charge is 2.43. The second-order valence-corrected chi connectivity index (χ2v) is 9.81. The lowest BCUT2D eigenvalue weighted by Gasteiger charge is -2.29. The van der Waals surface area contributed by atoms with Gasteiger partial charge in [-0.2, -0.15) is 0 Å². The Bertz CT molecular complexity index is 1170. The Morgan fingerprint density at radius 3 is 2.53 bits per heavy atom. The summed E-state index contributed by atoms with van der Waals surface area (Å²) in [7, 11) is 0. The summed E-state index contributed by atoms with van der Waals surface area (Å²) in [4.78, 5) is 51.5. The molecule has 0 radical (unpaired) electrons. The quantitative estimate of drug-likeness (QED) is 0.643. The molecular weight excluding hydrogens is 454 g/mol. The van der Waals surface area contributed by atoms with Gasteiger partial charge in [0.1, 0.15) is 6.04 Å². The Hall–Kier alpha value is -3.19. The maximum absolute atomic E-state index is 13.4. The Morgan fingerprint density at radius 2 is 1.82 bits per heavy atom. The number of benzene rings is 2. The van der Waals surface area contributed by atoms with Gasteiger partial charge >= 0.3 is 0 Å². The molecule has 3 aliphatic rings. The summed E-state index contributed by atoms with van der Waals surface area (Å²) in [5.41, 5.74) is 2.74. The molecule has 0 bridgehead atoms. The van der Waals surface area contributed by atoms with Crippen LogP contribution in [-0.4, -0.2) is 34.6 Å². The van der Waals surface area contributed by atoms with Crippen molar-refractivity contribution in [3.05, 3.63) is 69.7 Å². The molecule has 2 aromatic rings. The Labute approximate surface area is 202 Å². The van der Waals surface area contributed by atoms with Crippen LogP contribution in [0.4, 0.5) is 0 Å². The number of hydrogen-bond donors (Lipinski definition) is 2. The van der Waals surface area contributed by atoms with Crippen LogP contribution in [0.2, 0.25) is 5.02 Å². The number of imide groups is 1. The summed E-state index contributed by atoms with van der Waals surface area (Å²) in [6, 6.07) is 12.4. The zero-order chi connectivity index (χ0) is 23.9. The van der Waals surface area contributed by atoms with E-state index < -0.39 is 17.4 Å². The normalized spacial score (nSPS) is 21.4. The maximum atomic E-state index is 13.4. The SMILES string of the molecule is O=C1CCC(N2Cc3cc(CNC(=O)C4(c5ccc(Cl)cc5)CCCC4)ccc3C2=O)C(=O)N1. The molecule has 0 aromatic heterocycles. The number of fused-ring (bicyclic) bond motifs is 1. The van der Waals surface area contributed by atoms with Crippen LogP contribution in [-0.2, 0) is 32.9 Å². The zero-order valence-electron chi connectivity index (χ0n) is 18.7. The van der Waals surface area contributed by atoms with Crippen molar-refractivity contribution < 1.29 is 19.2 Å². The van der Waals surface area contributed by atoms with E-state index in [1.54, 1.807) is 6.07 Å². The largest absolute Gasteiger partial charge is 0.351 e. The van der Waals surface area contributed by atoms with Crippen molar-refractivity contribution in [2.45, 2.75) is 63.1 Å². The van der Waals surface area contributed by atoms with Crippen molar-refractivity contribution >= 4 is 35.2 Å². The summed E-state index contributed by atoms with van der Waals surface area (Å²) >= 11 is 6.05. The fraction of sp³-hybridized carbons (Fsp3) is 0.385. The van der Waals surface area contributed by atoms with Gasteiger partial charge in [-0.25, -0.2) is 0 Å². The van der Waals surface area contributed by atoms with Crippen molar-refractivity contribution in [2.24, 2.45) is 0 Å². The molecule has 7 nitrogen and oxygen atoms in total. The van der Waals surface area contributed by atoms with E-state index in [4.69, 9.17) is 11.6 Å².